The maximum Gasteiger partial charge on any atom is 0.149 e. The van der Waals surface area contributed by atoms with Crippen LogP contribution < -0.4 is 21.1 Å². The SMILES string of the molecule is Cc1cc(OCCCC#C[B-](c2ccccc2)(c2ccccc2)c2ccccc2)cc(C)c1Cl. The lowest BCUT2D eigenvalue weighted by Gasteiger charge is -2.38. The smallest absolute Gasteiger partial charge is 0.149 e. The zero-order valence-corrected chi connectivity index (χ0v) is 20.6. The van der Waals surface area contributed by atoms with Crippen LogP contribution in [0.25, 0.3) is 0 Å². The topological polar surface area (TPSA) is 9.23 Å². The van der Waals surface area contributed by atoms with E-state index < -0.39 is 6.15 Å². The van der Waals surface area contributed by atoms with Crippen molar-refractivity contribution in [1.29, 1.82) is 0 Å². The summed E-state index contributed by atoms with van der Waals surface area (Å²) in [6.45, 7) is 4.63. The first-order chi connectivity index (χ1) is 16.6. The third kappa shape index (κ3) is 5.22. The van der Waals surface area contributed by atoms with Crippen molar-refractivity contribution in [2.24, 2.45) is 0 Å². The predicted molar refractivity (Wildman–Crippen MR) is 147 cm³/mol. The fraction of sp³-hybridized carbons (Fsp3) is 0.161. The molecule has 0 atom stereocenters. The van der Waals surface area contributed by atoms with Gasteiger partial charge in [-0.3, -0.25) is 5.82 Å². The molecule has 0 aliphatic heterocycles. The van der Waals surface area contributed by atoms with Gasteiger partial charge in [0.25, 0.3) is 0 Å². The van der Waals surface area contributed by atoms with E-state index in [0.717, 1.165) is 34.7 Å². The molecule has 170 valence electrons. The van der Waals surface area contributed by atoms with Crippen LogP contribution >= 0.6 is 11.6 Å². The standard InChI is InChI=1S/C31H29BClO/c1-25-23-30(24-26(2)31(25)33)34-22-14-6-13-21-32(27-15-7-3-8-16-27,28-17-9-4-10-18-28)29-19-11-5-12-20-29/h3-5,7-12,15-20,23-24H,6,14,22H2,1-2H3/q-1. The van der Waals surface area contributed by atoms with Crippen molar-refractivity contribution in [3.8, 4) is 17.5 Å². The zero-order valence-electron chi connectivity index (χ0n) is 19.8. The van der Waals surface area contributed by atoms with Crippen LogP contribution in [0.15, 0.2) is 103 Å². The number of ether oxygens (including phenoxy) is 1. The van der Waals surface area contributed by atoms with Gasteiger partial charge in [-0.25, -0.2) is 0 Å². The fourth-order valence-corrected chi connectivity index (χ4v) is 4.73. The lowest BCUT2D eigenvalue weighted by molar-refractivity contribution is 0.312. The Hall–Kier alpha value is -3.41. The molecule has 4 rings (SSSR count). The molecule has 0 bridgehead atoms. The van der Waals surface area contributed by atoms with Crippen molar-refractivity contribution in [3.05, 3.63) is 119 Å². The molecule has 0 aliphatic carbocycles. The second-order valence-corrected chi connectivity index (χ2v) is 9.12. The molecular weight excluding hydrogens is 435 g/mol. The molecule has 3 heteroatoms. The average Bonchev–Trinajstić information content (AvgIpc) is 2.88. The summed E-state index contributed by atoms with van der Waals surface area (Å²) in [5.74, 6) is 8.13. The van der Waals surface area contributed by atoms with Gasteiger partial charge in [0.2, 0.25) is 0 Å². The second kappa shape index (κ2) is 11.1. The van der Waals surface area contributed by atoms with Crippen LogP contribution in [-0.2, 0) is 0 Å². The van der Waals surface area contributed by atoms with E-state index in [1.807, 2.05) is 26.0 Å². The summed E-state index contributed by atoms with van der Waals surface area (Å²) < 4.78 is 5.99. The van der Waals surface area contributed by atoms with Crippen LogP contribution in [0.4, 0.5) is 0 Å². The Kier molecular flexibility index (Phi) is 7.78. The van der Waals surface area contributed by atoms with E-state index in [1.165, 1.54) is 16.4 Å². The lowest BCUT2D eigenvalue weighted by atomic mass is 9.16. The molecule has 0 saturated carbocycles. The van der Waals surface area contributed by atoms with Crippen molar-refractivity contribution >= 4 is 34.1 Å². The number of hydrogen-bond acceptors (Lipinski definition) is 1. The van der Waals surface area contributed by atoms with Crippen molar-refractivity contribution < 1.29 is 4.74 Å². The van der Waals surface area contributed by atoms with Crippen molar-refractivity contribution in [2.75, 3.05) is 6.61 Å². The average molecular weight is 464 g/mol. The van der Waals surface area contributed by atoms with Gasteiger partial charge >= 0.3 is 0 Å². The van der Waals surface area contributed by atoms with E-state index in [-0.39, 0.29) is 0 Å². The highest BCUT2D eigenvalue weighted by molar-refractivity contribution is 7.16. The number of hydrogen-bond donors (Lipinski definition) is 0. The van der Waals surface area contributed by atoms with Gasteiger partial charge in [-0.2, -0.15) is 16.4 Å². The van der Waals surface area contributed by atoms with Crippen LogP contribution in [0.1, 0.15) is 24.0 Å². The first kappa shape index (κ1) is 23.7. The highest BCUT2D eigenvalue weighted by Crippen LogP contribution is 2.25. The molecule has 0 spiro atoms. The van der Waals surface area contributed by atoms with E-state index in [9.17, 15) is 0 Å². The molecule has 0 fully saturated rings. The van der Waals surface area contributed by atoms with Gasteiger partial charge in [0.1, 0.15) is 11.9 Å². The van der Waals surface area contributed by atoms with Crippen molar-refractivity contribution in [2.45, 2.75) is 26.7 Å². The molecule has 34 heavy (non-hydrogen) atoms. The molecule has 0 aliphatic rings. The lowest BCUT2D eigenvalue weighted by Crippen LogP contribution is -2.66. The van der Waals surface area contributed by atoms with Crippen molar-refractivity contribution in [3.63, 3.8) is 0 Å². The maximum atomic E-state index is 6.27. The Morgan fingerprint density at radius 2 is 1.15 bits per heavy atom. The Balaban J connectivity index is 1.59. The van der Waals surface area contributed by atoms with Crippen molar-refractivity contribution in [1.82, 2.24) is 0 Å². The number of halogens is 1. The molecule has 4 aromatic rings. The molecule has 0 N–H and O–H groups in total. The zero-order chi connectivity index (χ0) is 23.8. The largest absolute Gasteiger partial charge is 0.494 e. The van der Waals surface area contributed by atoms with Crippen LogP contribution in [0.5, 0.6) is 5.75 Å². The predicted octanol–water partition coefficient (Wildman–Crippen LogP) is 5.83. The molecule has 0 heterocycles. The van der Waals surface area contributed by atoms with Gasteiger partial charge in [-0.1, -0.05) is 103 Å². The highest BCUT2D eigenvalue weighted by Gasteiger charge is 2.27. The summed E-state index contributed by atoms with van der Waals surface area (Å²) >= 11 is 6.27. The Morgan fingerprint density at radius 1 is 0.706 bits per heavy atom. The summed E-state index contributed by atoms with van der Waals surface area (Å²) in [7, 11) is 0. The second-order valence-electron chi connectivity index (χ2n) is 8.74. The van der Waals surface area contributed by atoms with Crippen LogP contribution in [0, 0.1) is 25.6 Å². The van der Waals surface area contributed by atoms with Crippen LogP contribution in [0.3, 0.4) is 0 Å². The van der Waals surface area contributed by atoms with Gasteiger partial charge in [0, 0.05) is 11.4 Å². The molecule has 0 unspecified atom stereocenters. The monoisotopic (exact) mass is 463 g/mol. The normalized spacial score (nSPS) is 10.9. The third-order valence-electron chi connectivity index (χ3n) is 6.34. The molecule has 0 radical (unpaired) electrons. The molecule has 0 aromatic heterocycles. The van der Waals surface area contributed by atoms with Gasteiger partial charge in [0.15, 0.2) is 0 Å². The summed E-state index contributed by atoms with van der Waals surface area (Å²) in [5, 5.41) is 0.805. The highest BCUT2D eigenvalue weighted by atomic mass is 35.5. The maximum absolute atomic E-state index is 6.27. The fourth-order valence-electron chi connectivity index (χ4n) is 4.62. The van der Waals surface area contributed by atoms with Crippen LogP contribution in [-0.4, -0.2) is 12.8 Å². The molecule has 1 nitrogen and oxygen atoms in total. The van der Waals surface area contributed by atoms with E-state index in [0.29, 0.717) is 6.61 Å². The minimum atomic E-state index is -1.41. The summed E-state index contributed by atoms with van der Waals surface area (Å²) in [6, 6.07) is 36.0. The minimum Gasteiger partial charge on any atom is -0.494 e. The Morgan fingerprint density at radius 3 is 1.59 bits per heavy atom. The van der Waals surface area contributed by atoms with E-state index in [4.69, 9.17) is 16.3 Å². The number of rotatable bonds is 7. The van der Waals surface area contributed by atoms with E-state index in [1.54, 1.807) is 0 Å². The first-order valence-corrected chi connectivity index (χ1v) is 12.2. The Bertz CT molecular complexity index is 1160. The Labute approximate surface area is 208 Å². The van der Waals surface area contributed by atoms with E-state index >= 15 is 0 Å². The van der Waals surface area contributed by atoms with E-state index in [2.05, 4.69) is 103 Å². The molecule has 4 aromatic carbocycles. The third-order valence-corrected chi connectivity index (χ3v) is 6.94. The minimum absolute atomic E-state index is 0.622. The quantitative estimate of drug-likeness (QED) is 0.190. The molecule has 0 saturated heterocycles. The van der Waals surface area contributed by atoms with Gasteiger partial charge in [-0.15, -0.1) is 5.92 Å². The molecule has 0 amide bonds. The number of unbranched alkanes of at least 4 members (excludes halogenated alkanes) is 1. The number of aryl methyl sites for hydroxylation is 2. The van der Waals surface area contributed by atoms with Gasteiger partial charge < -0.3 is 4.74 Å². The van der Waals surface area contributed by atoms with Gasteiger partial charge in [-0.05, 0) is 43.5 Å². The van der Waals surface area contributed by atoms with Gasteiger partial charge in [0.05, 0.1) is 6.61 Å². The first-order valence-electron chi connectivity index (χ1n) is 11.8. The summed E-state index contributed by atoms with van der Waals surface area (Å²) in [5.41, 5.74) is 5.78. The molecular formula is C31H29BClO-. The summed E-state index contributed by atoms with van der Waals surface area (Å²) in [6.07, 6.45) is 0.213. The summed E-state index contributed by atoms with van der Waals surface area (Å²) in [4.78, 5) is 0. The number of benzene rings is 4. The van der Waals surface area contributed by atoms with Crippen LogP contribution in [0.2, 0.25) is 5.02 Å².